The zero-order valence-corrected chi connectivity index (χ0v) is 13.4. The van der Waals surface area contributed by atoms with Gasteiger partial charge in [0.2, 0.25) is 0 Å². The second-order valence-corrected chi connectivity index (χ2v) is 4.85. The number of ketones is 1. The molecule has 0 radical (unpaired) electrons. The van der Waals surface area contributed by atoms with Gasteiger partial charge < -0.3 is 18.9 Å². The normalized spacial score (nSPS) is 10.4. The molecule has 1 aromatic rings. The Hall–Kier alpha value is -1.24. The van der Waals surface area contributed by atoms with Crippen molar-refractivity contribution in [3.8, 4) is 5.75 Å². The number of benzene rings is 1. The lowest BCUT2D eigenvalue weighted by atomic mass is 10.3. The maximum atomic E-state index is 11.0. The highest BCUT2D eigenvalue weighted by molar-refractivity contribution is 7.99. The van der Waals surface area contributed by atoms with Crippen LogP contribution < -0.4 is 9.46 Å². The van der Waals surface area contributed by atoms with E-state index in [0.717, 1.165) is 11.4 Å². The number of anilines is 1. The highest BCUT2D eigenvalue weighted by atomic mass is 32.2. The van der Waals surface area contributed by atoms with Gasteiger partial charge in [-0.15, -0.1) is 0 Å². The molecule has 0 aromatic heterocycles. The van der Waals surface area contributed by atoms with Crippen molar-refractivity contribution < 1.29 is 19.0 Å². The molecule has 0 bridgehead atoms. The molecule has 1 aromatic carbocycles. The fourth-order valence-electron chi connectivity index (χ4n) is 1.46. The fraction of sp³-hybridized carbons (Fsp3) is 0.533. The van der Waals surface area contributed by atoms with Gasteiger partial charge in [-0.1, -0.05) is 18.9 Å². The molecule has 1 N–H and O–H groups in total. The second kappa shape index (κ2) is 11.4. The first kappa shape index (κ1) is 17.8. The Bertz CT molecular complexity index is 397. The highest BCUT2D eigenvalue weighted by Gasteiger charge is 1.98. The van der Waals surface area contributed by atoms with Crippen molar-refractivity contribution in [2.24, 2.45) is 0 Å². The summed E-state index contributed by atoms with van der Waals surface area (Å²) >= 11 is 1.55. The predicted molar refractivity (Wildman–Crippen MR) is 86.0 cm³/mol. The SMILES string of the molecule is CCC(=O)COCCOCCOc1ccc(NSC)cc1. The smallest absolute Gasteiger partial charge is 0.158 e. The van der Waals surface area contributed by atoms with Crippen LogP contribution in [-0.4, -0.2) is 45.1 Å². The number of hydrogen-bond acceptors (Lipinski definition) is 6. The summed E-state index contributed by atoms with van der Waals surface area (Å²) in [4.78, 5) is 11.0. The van der Waals surface area contributed by atoms with E-state index in [9.17, 15) is 4.79 Å². The molecule has 118 valence electrons. The van der Waals surface area contributed by atoms with Crippen molar-refractivity contribution >= 4 is 23.4 Å². The lowest BCUT2D eigenvalue weighted by Crippen LogP contribution is -2.13. The summed E-state index contributed by atoms with van der Waals surface area (Å²) in [5, 5.41) is 0. The van der Waals surface area contributed by atoms with Crippen LogP contribution in [0, 0.1) is 0 Å². The van der Waals surface area contributed by atoms with Crippen molar-refractivity contribution in [3.05, 3.63) is 24.3 Å². The predicted octanol–water partition coefficient (Wildman–Crippen LogP) is 2.77. The van der Waals surface area contributed by atoms with Crippen LogP contribution in [-0.2, 0) is 14.3 Å². The molecule has 0 atom stereocenters. The number of carbonyl (C=O) groups excluding carboxylic acids is 1. The van der Waals surface area contributed by atoms with Crippen LogP contribution in [0.5, 0.6) is 5.75 Å². The molecular formula is C15H23NO4S. The van der Waals surface area contributed by atoms with Crippen LogP contribution in [0.2, 0.25) is 0 Å². The number of carbonyl (C=O) groups is 1. The van der Waals surface area contributed by atoms with Gasteiger partial charge in [0, 0.05) is 18.4 Å². The molecule has 0 amide bonds. The zero-order chi connectivity index (χ0) is 15.3. The van der Waals surface area contributed by atoms with Gasteiger partial charge in [0.15, 0.2) is 5.78 Å². The van der Waals surface area contributed by atoms with Gasteiger partial charge in [0.25, 0.3) is 0 Å². The van der Waals surface area contributed by atoms with Crippen LogP contribution in [0.25, 0.3) is 0 Å². The van der Waals surface area contributed by atoms with E-state index in [4.69, 9.17) is 14.2 Å². The molecule has 0 saturated heterocycles. The maximum Gasteiger partial charge on any atom is 0.158 e. The van der Waals surface area contributed by atoms with Crippen LogP contribution in [0.1, 0.15) is 13.3 Å². The van der Waals surface area contributed by atoms with Crippen molar-refractivity contribution in [1.29, 1.82) is 0 Å². The summed E-state index contributed by atoms with van der Waals surface area (Å²) in [5.41, 5.74) is 1.05. The molecule has 0 saturated carbocycles. The largest absolute Gasteiger partial charge is 0.491 e. The summed E-state index contributed by atoms with van der Waals surface area (Å²) in [6.45, 7) is 3.88. The van der Waals surface area contributed by atoms with Gasteiger partial charge in [-0.25, -0.2) is 0 Å². The van der Waals surface area contributed by atoms with Crippen molar-refractivity contribution in [2.75, 3.05) is 44.0 Å². The van der Waals surface area contributed by atoms with Crippen LogP contribution in [0.15, 0.2) is 24.3 Å². The molecule has 0 spiro atoms. The third-order valence-electron chi connectivity index (χ3n) is 2.60. The molecule has 21 heavy (non-hydrogen) atoms. The van der Waals surface area contributed by atoms with Gasteiger partial charge in [-0.2, -0.15) is 0 Å². The molecule has 0 unspecified atom stereocenters. The minimum Gasteiger partial charge on any atom is -0.491 e. The molecule has 1 rings (SSSR count). The summed E-state index contributed by atoms with van der Waals surface area (Å²) in [5.74, 6) is 0.924. The Labute approximate surface area is 130 Å². The van der Waals surface area contributed by atoms with E-state index in [1.807, 2.05) is 37.4 Å². The van der Waals surface area contributed by atoms with Gasteiger partial charge in [0.1, 0.15) is 19.0 Å². The lowest BCUT2D eigenvalue weighted by molar-refractivity contribution is -0.123. The fourth-order valence-corrected chi connectivity index (χ4v) is 1.84. The van der Waals surface area contributed by atoms with E-state index in [1.165, 1.54) is 0 Å². The number of nitrogens with one attached hydrogen (secondary N) is 1. The first-order valence-corrected chi connectivity index (χ1v) is 8.17. The highest BCUT2D eigenvalue weighted by Crippen LogP contribution is 2.17. The molecular weight excluding hydrogens is 290 g/mol. The molecule has 0 aliphatic rings. The molecule has 6 heteroatoms. The summed E-state index contributed by atoms with van der Waals surface area (Å²) in [7, 11) is 0. The monoisotopic (exact) mass is 313 g/mol. The average Bonchev–Trinajstić information content (AvgIpc) is 2.51. The summed E-state index contributed by atoms with van der Waals surface area (Å²) in [6.07, 6.45) is 2.49. The molecule has 0 aliphatic carbocycles. The van der Waals surface area contributed by atoms with Gasteiger partial charge >= 0.3 is 0 Å². The molecule has 5 nitrogen and oxygen atoms in total. The van der Waals surface area contributed by atoms with E-state index >= 15 is 0 Å². The van der Waals surface area contributed by atoms with Crippen molar-refractivity contribution in [1.82, 2.24) is 0 Å². The summed E-state index contributed by atoms with van der Waals surface area (Å²) < 4.78 is 19.2. The minimum absolute atomic E-state index is 0.109. The number of hydrogen-bond donors (Lipinski definition) is 1. The Morgan fingerprint density at radius 2 is 1.76 bits per heavy atom. The topological polar surface area (TPSA) is 56.8 Å². The van der Waals surface area contributed by atoms with Crippen molar-refractivity contribution in [2.45, 2.75) is 13.3 Å². The first-order valence-electron chi connectivity index (χ1n) is 6.95. The second-order valence-electron chi connectivity index (χ2n) is 4.24. The number of Topliss-reactive ketones (excluding diaryl/α,β-unsaturated/α-hetero) is 1. The molecule has 0 aliphatic heterocycles. The van der Waals surface area contributed by atoms with Gasteiger partial charge in [-0.05, 0) is 24.3 Å². The maximum absolute atomic E-state index is 11.0. The van der Waals surface area contributed by atoms with E-state index in [-0.39, 0.29) is 12.4 Å². The van der Waals surface area contributed by atoms with Crippen LogP contribution in [0.3, 0.4) is 0 Å². The Morgan fingerprint density at radius 3 is 2.43 bits per heavy atom. The zero-order valence-electron chi connectivity index (χ0n) is 12.6. The number of rotatable bonds is 12. The van der Waals surface area contributed by atoms with E-state index < -0.39 is 0 Å². The number of ether oxygens (including phenoxy) is 3. The van der Waals surface area contributed by atoms with E-state index in [0.29, 0.717) is 32.8 Å². The van der Waals surface area contributed by atoms with Crippen molar-refractivity contribution in [3.63, 3.8) is 0 Å². The first-order chi connectivity index (χ1) is 10.3. The third kappa shape index (κ3) is 8.60. The van der Waals surface area contributed by atoms with Gasteiger partial charge in [0.05, 0.1) is 19.8 Å². The van der Waals surface area contributed by atoms with E-state index in [2.05, 4.69) is 4.72 Å². The van der Waals surface area contributed by atoms with Crippen LogP contribution in [0.4, 0.5) is 5.69 Å². The standard InChI is InChI=1S/C15H23NO4S/c1-3-14(17)12-19-9-8-18-10-11-20-15-6-4-13(5-7-15)16-21-2/h4-7,16H,3,8-12H2,1-2H3. The molecule has 0 fully saturated rings. The Kier molecular flexibility index (Phi) is 9.69. The average molecular weight is 313 g/mol. The third-order valence-corrected chi connectivity index (χ3v) is 3.04. The van der Waals surface area contributed by atoms with Gasteiger partial charge in [-0.3, -0.25) is 4.79 Å². The molecule has 0 heterocycles. The van der Waals surface area contributed by atoms with Crippen LogP contribution >= 0.6 is 11.9 Å². The Balaban J connectivity index is 2.00. The quantitative estimate of drug-likeness (QED) is 0.473. The van der Waals surface area contributed by atoms with E-state index in [1.54, 1.807) is 11.9 Å². The lowest BCUT2D eigenvalue weighted by Gasteiger charge is -2.08. The minimum atomic E-state index is 0.109. The Morgan fingerprint density at radius 1 is 1.10 bits per heavy atom. The summed E-state index contributed by atoms with van der Waals surface area (Å²) in [6, 6.07) is 7.76.